The third-order valence-corrected chi connectivity index (χ3v) is 9.02. The number of halogens is 1. The van der Waals surface area contributed by atoms with Gasteiger partial charge < -0.3 is 18.8 Å². The van der Waals surface area contributed by atoms with Gasteiger partial charge in [-0.15, -0.1) is 0 Å². The summed E-state index contributed by atoms with van der Waals surface area (Å²) in [5, 5.41) is 0.367. The minimum absolute atomic E-state index is 0.00866. The number of para-hydroxylation sites is 1. The molecule has 220 valence electrons. The predicted molar refractivity (Wildman–Crippen MR) is 154 cm³/mol. The Morgan fingerprint density at radius 3 is 2.45 bits per heavy atom. The highest BCUT2D eigenvalue weighted by Gasteiger charge is 2.32. The van der Waals surface area contributed by atoms with Crippen LogP contribution < -0.4 is 10.2 Å². The summed E-state index contributed by atoms with van der Waals surface area (Å²) >= 11 is 0. The van der Waals surface area contributed by atoms with Gasteiger partial charge in [0.25, 0.3) is 0 Å². The maximum Gasteiger partial charge on any atom is 0.243 e. The van der Waals surface area contributed by atoms with Crippen molar-refractivity contribution in [2.75, 3.05) is 26.8 Å². The van der Waals surface area contributed by atoms with Crippen LogP contribution in [0.15, 0.2) is 93.2 Å². The van der Waals surface area contributed by atoms with Crippen molar-refractivity contribution in [3.05, 3.63) is 106 Å². The van der Waals surface area contributed by atoms with Crippen LogP contribution in [-0.2, 0) is 32.6 Å². The molecule has 1 amide bonds. The highest BCUT2D eigenvalue weighted by atomic mass is 32.2. The molecule has 0 saturated carbocycles. The molecule has 4 aromatic rings. The summed E-state index contributed by atoms with van der Waals surface area (Å²) in [6.07, 6.45) is 2.42. The van der Waals surface area contributed by atoms with Crippen LogP contribution in [0, 0.1) is 5.82 Å². The third-order valence-electron chi connectivity index (χ3n) is 7.19. The zero-order valence-electron chi connectivity index (χ0n) is 23.1. The lowest BCUT2D eigenvalue weighted by molar-refractivity contribution is -0.132. The van der Waals surface area contributed by atoms with Gasteiger partial charge in [-0.25, -0.2) is 12.8 Å². The first kappa shape index (κ1) is 29.4. The fourth-order valence-electron chi connectivity index (χ4n) is 4.89. The Hall–Kier alpha value is -4.06. The number of hydrogen-bond donors (Lipinski definition) is 0. The molecule has 0 spiro atoms. The molecule has 1 saturated heterocycles. The topological polar surface area (TPSA) is 106 Å². The van der Waals surface area contributed by atoms with E-state index in [0.29, 0.717) is 35.3 Å². The summed E-state index contributed by atoms with van der Waals surface area (Å²) in [6, 6.07) is 18.4. The highest BCUT2D eigenvalue weighted by Crippen LogP contribution is 2.23. The number of nitrogens with zero attached hydrogens (tertiary/aromatic N) is 2. The van der Waals surface area contributed by atoms with Crippen LogP contribution in [0.4, 0.5) is 4.39 Å². The van der Waals surface area contributed by atoms with E-state index in [1.807, 2.05) is 0 Å². The van der Waals surface area contributed by atoms with E-state index >= 15 is 0 Å². The molecule has 2 heterocycles. The molecule has 0 aliphatic carbocycles. The van der Waals surface area contributed by atoms with Crippen LogP contribution in [0.1, 0.15) is 24.0 Å². The van der Waals surface area contributed by atoms with E-state index in [2.05, 4.69) is 0 Å². The smallest absolute Gasteiger partial charge is 0.243 e. The van der Waals surface area contributed by atoms with Crippen LogP contribution in [0.2, 0.25) is 0 Å². The van der Waals surface area contributed by atoms with Gasteiger partial charge >= 0.3 is 0 Å². The molecule has 1 fully saturated rings. The molecule has 1 atom stereocenters. The molecule has 42 heavy (non-hydrogen) atoms. The zero-order valence-corrected chi connectivity index (χ0v) is 23.9. The van der Waals surface area contributed by atoms with E-state index in [1.54, 1.807) is 36.4 Å². The Labute approximate surface area is 243 Å². The number of sulfonamides is 1. The van der Waals surface area contributed by atoms with Gasteiger partial charge in [-0.3, -0.25) is 9.59 Å². The molecule has 5 rings (SSSR count). The molecule has 0 radical (unpaired) electrons. The Morgan fingerprint density at radius 1 is 1.02 bits per heavy atom. The molecule has 1 aromatic heterocycles. The second-order valence-corrected chi connectivity index (χ2v) is 12.0. The quantitative estimate of drug-likeness (QED) is 0.254. The number of benzene rings is 3. The fourth-order valence-corrected chi connectivity index (χ4v) is 6.31. The lowest BCUT2D eigenvalue weighted by Gasteiger charge is -2.28. The summed E-state index contributed by atoms with van der Waals surface area (Å²) < 4.78 is 58.8. The number of hydrogen-bond acceptors (Lipinski definition) is 7. The van der Waals surface area contributed by atoms with Crippen molar-refractivity contribution in [3.63, 3.8) is 0 Å². The summed E-state index contributed by atoms with van der Waals surface area (Å²) in [6.45, 7) is -0.109. The Kier molecular flexibility index (Phi) is 9.00. The monoisotopic (exact) mass is 594 g/mol. The largest absolute Gasteiger partial charge is 0.497 e. The van der Waals surface area contributed by atoms with Crippen molar-refractivity contribution in [1.29, 1.82) is 0 Å². The molecule has 1 aliphatic rings. The number of amides is 1. The molecule has 0 bridgehead atoms. The number of fused-ring (bicyclic) bond motifs is 1. The van der Waals surface area contributed by atoms with Gasteiger partial charge in [0, 0.05) is 19.7 Å². The molecule has 0 N–H and O–H groups in total. The first-order valence-corrected chi connectivity index (χ1v) is 15.0. The summed E-state index contributed by atoms with van der Waals surface area (Å²) in [5.41, 5.74) is 0.957. The second kappa shape index (κ2) is 12.8. The van der Waals surface area contributed by atoms with Crippen LogP contribution in [0.25, 0.3) is 11.0 Å². The molecule has 3 aromatic carbocycles. The van der Waals surface area contributed by atoms with Gasteiger partial charge in [0.15, 0.2) is 5.43 Å². The van der Waals surface area contributed by atoms with E-state index in [4.69, 9.17) is 13.9 Å². The Bertz CT molecular complexity index is 1700. The van der Waals surface area contributed by atoms with E-state index in [1.165, 1.54) is 54.7 Å². The summed E-state index contributed by atoms with van der Waals surface area (Å²) in [7, 11) is -2.63. The first-order valence-electron chi connectivity index (χ1n) is 13.5. The maximum absolute atomic E-state index is 13.9. The maximum atomic E-state index is 13.9. The minimum atomic E-state index is -4.11. The second-order valence-electron chi connectivity index (χ2n) is 10.1. The number of methoxy groups -OCH3 is 1. The minimum Gasteiger partial charge on any atom is -0.497 e. The van der Waals surface area contributed by atoms with Gasteiger partial charge in [-0.05, 0) is 66.9 Å². The van der Waals surface area contributed by atoms with Crippen molar-refractivity contribution < 1.29 is 31.5 Å². The SMILES string of the molecule is COc1ccc(S(=O)(=O)N(CC(=O)N(Cc2ccc(F)cc2)Cc2coc3ccccc3c2=O)C[C@H]2CCCO2)cc1. The summed E-state index contributed by atoms with van der Waals surface area (Å²) in [4.78, 5) is 28.5. The molecule has 11 heteroatoms. The van der Waals surface area contributed by atoms with Crippen molar-refractivity contribution in [2.24, 2.45) is 0 Å². The van der Waals surface area contributed by atoms with E-state index in [-0.39, 0.29) is 41.6 Å². The normalized spacial score (nSPS) is 15.3. The van der Waals surface area contributed by atoms with E-state index < -0.39 is 28.3 Å². The van der Waals surface area contributed by atoms with Crippen molar-refractivity contribution in [3.8, 4) is 5.75 Å². The Balaban J connectivity index is 1.47. The first-order chi connectivity index (χ1) is 20.2. The van der Waals surface area contributed by atoms with Crippen LogP contribution in [0.5, 0.6) is 5.75 Å². The molecular weight excluding hydrogens is 563 g/mol. The number of carbonyl (C=O) groups is 1. The van der Waals surface area contributed by atoms with Crippen molar-refractivity contribution in [1.82, 2.24) is 9.21 Å². The lowest BCUT2D eigenvalue weighted by Crippen LogP contribution is -2.45. The number of ether oxygens (including phenoxy) is 2. The van der Waals surface area contributed by atoms with Crippen LogP contribution in [-0.4, -0.2) is 56.4 Å². The van der Waals surface area contributed by atoms with Gasteiger partial charge in [0.1, 0.15) is 17.1 Å². The third kappa shape index (κ3) is 6.70. The lowest BCUT2D eigenvalue weighted by atomic mass is 10.1. The highest BCUT2D eigenvalue weighted by molar-refractivity contribution is 7.89. The fraction of sp³-hybridized carbons (Fsp3) is 0.290. The van der Waals surface area contributed by atoms with Gasteiger partial charge in [0.05, 0.1) is 48.4 Å². The molecule has 9 nitrogen and oxygen atoms in total. The average Bonchev–Trinajstić information content (AvgIpc) is 3.52. The van der Waals surface area contributed by atoms with Crippen molar-refractivity contribution >= 4 is 26.9 Å². The van der Waals surface area contributed by atoms with Gasteiger partial charge in [-0.2, -0.15) is 4.31 Å². The van der Waals surface area contributed by atoms with Gasteiger partial charge in [-0.1, -0.05) is 24.3 Å². The zero-order chi connectivity index (χ0) is 29.7. The predicted octanol–water partition coefficient (Wildman–Crippen LogP) is 4.34. The molecule has 0 unspecified atom stereocenters. The Morgan fingerprint density at radius 2 is 1.76 bits per heavy atom. The van der Waals surface area contributed by atoms with E-state index in [0.717, 1.165) is 10.7 Å². The van der Waals surface area contributed by atoms with Crippen LogP contribution >= 0.6 is 0 Å². The van der Waals surface area contributed by atoms with Crippen LogP contribution in [0.3, 0.4) is 0 Å². The summed E-state index contributed by atoms with van der Waals surface area (Å²) in [5.74, 6) is -0.475. The number of carbonyl (C=O) groups excluding carboxylic acids is 1. The molecular formula is C31H31FN2O7S. The standard InChI is InChI=1S/C31H31FN2O7S/c1-39-25-12-14-27(15-13-25)42(37,38)34(19-26-5-4-16-40-26)20-30(35)33(17-22-8-10-24(32)11-9-22)18-23-21-41-29-7-3-2-6-28(29)31(23)36/h2-3,6-15,21,26H,4-5,16-20H2,1H3/t26-/m1/s1. The van der Waals surface area contributed by atoms with Gasteiger partial charge in [0.2, 0.25) is 15.9 Å². The number of rotatable bonds is 11. The molecule has 1 aliphatic heterocycles. The average molecular weight is 595 g/mol. The van der Waals surface area contributed by atoms with Crippen molar-refractivity contribution in [2.45, 2.75) is 36.9 Å². The van der Waals surface area contributed by atoms with E-state index in [9.17, 15) is 22.4 Å².